The summed E-state index contributed by atoms with van der Waals surface area (Å²) in [5.74, 6) is -0.278. The van der Waals surface area contributed by atoms with E-state index in [-0.39, 0.29) is 11.5 Å². The van der Waals surface area contributed by atoms with Crippen LogP contribution in [0.3, 0.4) is 0 Å². The molecule has 1 aliphatic rings. The molecule has 2 aromatic carbocycles. The minimum atomic E-state index is -1.13. The molecule has 21 heavy (non-hydrogen) atoms. The predicted octanol–water partition coefficient (Wildman–Crippen LogP) is 2.03. The third kappa shape index (κ3) is 2.60. The van der Waals surface area contributed by atoms with E-state index in [1.165, 1.54) is 18.2 Å². The quantitative estimate of drug-likeness (QED) is 0.888. The average molecular weight is 287 g/mol. The molecule has 1 heterocycles. The van der Waals surface area contributed by atoms with Crippen LogP contribution in [0.5, 0.6) is 5.75 Å². The van der Waals surface area contributed by atoms with Crippen LogP contribution in [0.15, 0.2) is 42.5 Å². The number of rotatable bonds is 2. The van der Waals surface area contributed by atoms with Crippen LogP contribution in [-0.2, 0) is 0 Å². The minimum Gasteiger partial charge on any atom is -0.491 e. The highest BCUT2D eigenvalue weighted by atomic mass is 19.1. The first kappa shape index (κ1) is 13.6. The van der Waals surface area contributed by atoms with Gasteiger partial charge in [0, 0.05) is 5.56 Å². The molecule has 0 saturated carbocycles. The number of aliphatic hydroxyl groups is 1. The SMILES string of the molecule is O=C1NCCOc2ccc(C(O)c3ccccc3F)cc21. The van der Waals surface area contributed by atoms with Gasteiger partial charge in [0.2, 0.25) is 0 Å². The first-order valence-electron chi connectivity index (χ1n) is 6.64. The van der Waals surface area contributed by atoms with Gasteiger partial charge in [-0.1, -0.05) is 24.3 Å². The van der Waals surface area contributed by atoms with E-state index in [1.54, 1.807) is 24.3 Å². The molecule has 1 amide bonds. The summed E-state index contributed by atoms with van der Waals surface area (Å²) in [6, 6.07) is 10.8. The maximum absolute atomic E-state index is 13.7. The number of aliphatic hydroxyl groups excluding tert-OH is 1. The van der Waals surface area contributed by atoms with Crippen LogP contribution in [0.1, 0.15) is 27.6 Å². The van der Waals surface area contributed by atoms with Crippen LogP contribution in [0, 0.1) is 5.82 Å². The number of ether oxygens (including phenoxy) is 1. The Morgan fingerprint density at radius 2 is 2.05 bits per heavy atom. The molecule has 0 radical (unpaired) electrons. The van der Waals surface area contributed by atoms with Crippen LogP contribution in [0.4, 0.5) is 4.39 Å². The zero-order valence-electron chi connectivity index (χ0n) is 11.2. The molecule has 2 aromatic rings. The Kier molecular flexibility index (Phi) is 3.58. The highest BCUT2D eigenvalue weighted by molar-refractivity contribution is 5.97. The Hall–Kier alpha value is -2.40. The fourth-order valence-electron chi connectivity index (χ4n) is 2.32. The van der Waals surface area contributed by atoms with Crippen molar-refractivity contribution in [2.45, 2.75) is 6.10 Å². The van der Waals surface area contributed by atoms with Crippen LogP contribution >= 0.6 is 0 Å². The van der Waals surface area contributed by atoms with E-state index in [4.69, 9.17) is 4.74 Å². The highest BCUT2D eigenvalue weighted by Gasteiger charge is 2.20. The lowest BCUT2D eigenvalue weighted by molar-refractivity contribution is 0.0957. The van der Waals surface area contributed by atoms with Gasteiger partial charge in [-0.25, -0.2) is 4.39 Å². The Morgan fingerprint density at radius 3 is 2.86 bits per heavy atom. The standard InChI is InChI=1S/C16H14FNO3/c17-13-4-2-1-3-11(13)15(19)10-5-6-14-12(9-10)16(20)18-7-8-21-14/h1-6,9,15,19H,7-8H2,(H,18,20). The second-order valence-corrected chi connectivity index (χ2v) is 4.78. The van der Waals surface area contributed by atoms with Gasteiger partial charge in [0.25, 0.3) is 5.91 Å². The second kappa shape index (κ2) is 5.54. The van der Waals surface area contributed by atoms with Crippen LogP contribution in [0.25, 0.3) is 0 Å². The van der Waals surface area contributed by atoms with E-state index in [2.05, 4.69) is 5.32 Å². The van der Waals surface area contributed by atoms with Crippen molar-refractivity contribution in [2.75, 3.05) is 13.2 Å². The number of fused-ring (bicyclic) bond motifs is 1. The zero-order chi connectivity index (χ0) is 14.8. The summed E-state index contributed by atoms with van der Waals surface area (Å²) in [4.78, 5) is 11.9. The third-order valence-electron chi connectivity index (χ3n) is 3.41. The summed E-state index contributed by atoms with van der Waals surface area (Å²) in [6.45, 7) is 0.826. The second-order valence-electron chi connectivity index (χ2n) is 4.78. The van der Waals surface area contributed by atoms with Gasteiger partial charge < -0.3 is 15.2 Å². The van der Waals surface area contributed by atoms with E-state index < -0.39 is 11.9 Å². The van der Waals surface area contributed by atoms with Crippen molar-refractivity contribution in [3.8, 4) is 5.75 Å². The minimum absolute atomic E-state index is 0.174. The van der Waals surface area contributed by atoms with Gasteiger partial charge in [0.1, 0.15) is 24.3 Å². The summed E-state index contributed by atoms with van der Waals surface area (Å²) in [5.41, 5.74) is 0.965. The average Bonchev–Trinajstić information content (AvgIpc) is 2.69. The maximum atomic E-state index is 13.7. The molecule has 0 aliphatic carbocycles. The van der Waals surface area contributed by atoms with Gasteiger partial charge >= 0.3 is 0 Å². The number of amides is 1. The molecular formula is C16H14FNO3. The van der Waals surface area contributed by atoms with E-state index in [1.807, 2.05) is 0 Å². The smallest absolute Gasteiger partial charge is 0.255 e. The van der Waals surface area contributed by atoms with Crippen LogP contribution < -0.4 is 10.1 Å². The molecule has 0 aromatic heterocycles. The van der Waals surface area contributed by atoms with Gasteiger partial charge in [-0.05, 0) is 23.8 Å². The lowest BCUT2D eigenvalue weighted by Gasteiger charge is -2.14. The molecule has 0 bridgehead atoms. The van der Waals surface area contributed by atoms with Crippen LogP contribution in [0.2, 0.25) is 0 Å². The largest absolute Gasteiger partial charge is 0.491 e. The van der Waals surface area contributed by atoms with Gasteiger partial charge in [0.05, 0.1) is 12.1 Å². The van der Waals surface area contributed by atoms with Crippen molar-refractivity contribution in [3.05, 3.63) is 65.0 Å². The number of carbonyl (C=O) groups is 1. The van der Waals surface area contributed by atoms with Gasteiger partial charge in [-0.15, -0.1) is 0 Å². The summed E-state index contributed by atoms with van der Waals surface area (Å²) in [7, 11) is 0. The molecule has 4 nitrogen and oxygen atoms in total. The lowest BCUT2D eigenvalue weighted by atomic mass is 9.98. The van der Waals surface area contributed by atoms with E-state index >= 15 is 0 Å². The number of nitrogens with one attached hydrogen (secondary N) is 1. The van der Waals surface area contributed by atoms with Crippen molar-refractivity contribution >= 4 is 5.91 Å². The van der Waals surface area contributed by atoms with Crippen molar-refractivity contribution in [3.63, 3.8) is 0 Å². The van der Waals surface area contributed by atoms with Gasteiger partial charge in [-0.2, -0.15) is 0 Å². The molecule has 2 N–H and O–H groups in total. The Balaban J connectivity index is 2.00. The monoisotopic (exact) mass is 287 g/mol. The number of hydrogen-bond acceptors (Lipinski definition) is 3. The molecule has 0 saturated heterocycles. The third-order valence-corrected chi connectivity index (χ3v) is 3.41. The first-order valence-corrected chi connectivity index (χ1v) is 6.64. The van der Waals surface area contributed by atoms with Crippen molar-refractivity contribution < 1.29 is 19.0 Å². The molecule has 108 valence electrons. The molecule has 1 atom stereocenters. The highest BCUT2D eigenvalue weighted by Crippen LogP contribution is 2.29. The molecule has 5 heteroatoms. The van der Waals surface area contributed by atoms with E-state index in [9.17, 15) is 14.3 Å². The number of hydrogen-bond donors (Lipinski definition) is 2. The first-order chi connectivity index (χ1) is 10.2. The normalized spacial score (nSPS) is 15.4. The summed E-state index contributed by atoms with van der Waals surface area (Å²) in [6.07, 6.45) is -1.13. The summed E-state index contributed by atoms with van der Waals surface area (Å²) in [5, 5.41) is 13.0. The van der Waals surface area contributed by atoms with E-state index in [0.29, 0.717) is 30.0 Å². The van der Waals surface area contributed by atoms with E-state index in [0.717, 1.165) is 0 Å². The Labute approximate surface area is 121 Å². The molecule has 3 rings (SSSR count). The number of halogens is 1. The number of benzene rings is 2. The topological polar surface area (TPSA) is 58.6 Å². The molecular weight excluding hydrogens is 273 g/mol. The molecule has 0 spiro atoms. The summed E-state index contributed by atoms with van der Waals surface area (Å²) < 4.78 is 19.2. The fraction of sp³-hybridized carbons (Fsp3) is 0.188. The fourth-order valence-corrected chi connectivity index (χ4v) is 2.32. The predicted molar refractivity (Wildman–Crippen MR) is 74.7 cm³/mol. The Morgan fingerprint density at radius 1 is 1.24 bits per heavy atom. The lowest BCUT2D eigenvalue weighted by Crippen LogP contribution is -2.24. The maximum Gasteiger partial charge on any atom is 0.255 e. The van der Waals surface area contributed by atoms with Crippen molar-refractivity contribution in [1.29, 1.82) is 0 Å². The zero-order valence-corrected chi connectivity index (χ0v) is 11.2. The van der Waals surface area contributed by atoms with Crippen LogP contribution in [-0.4, -0.2) is 24.2 Å². The van der Waals surface area contributed by atoms with Crippen molar-refractivity contribution in [1.82, 2.24) is 5.32 Å². The van der Waals surface area contributed by atoms with Gasteiger partial charge in [-0.3, -0.25) is 4.79 Å². The van der Waals surface area contributed by atoms with Crippen molar-refractivity contribution in [2.24, 2.45) is 0 Å². The van der Waals surface area contributed by atoms with Gasteiger partial charge in [0.15, 0.2) is 0 Å². The molecule has 0 fully saturated rings. The molecule has 1 aliphatic heterocycles. The number of carbonyl (C=O) groups excluding carboxylic acids is 1. The summed E-state index contributed by atoms with van der Waals surface area (Å²) >= 11 is 0. The molecule has 1 unspecified atom stereocenters. The Bertz CT molecular complexity index is 687.